The van der Waals surface area contributed by atoms with Crippen molar-refractivity contribution in [3.63, 3.8) is 0 Å². The first-order chi connectivity index (χ1) is 7.83. The van der Waals surface area contributed by atoms with E-state index in [1.165, 1.54) is 12.8 Å². The molecule has 16 heavy (non-hydrogen) atoms. The average molecular weight is 216 g/mol. The van der Waals surface area contributed by atoms with Gasteiger partial charge in [0.25, 0.3) is 0 Å². The molecule has 0 saturated heterocycles. The van der Waals surface area contributed by atoms with E-state index in [0.717, 1.165) is 29.4 Å². The number of hydrogen-bond acceptors (Lipinski definition) is 3. The second-order valence-corrected chi connectivity index (χ2v) is 4.48. The van der Waals surface area contributed by atoms with Crippen molar-refractivity contribution in [2.45, 2.75) is 18.9 Å². The van der Waals surface area contributed by atoms with Crippen LogP contribution in [0.2, 0.25) is 0 Å². The Morgan fingerprint density at radius 1 is 1.44 bits per heavy atom. The van der Waals surface area contributed by atoms with E-state index < -0.39 is 0 Å². The smallest absolute Gasteiger partial charge is 0.201 e. The SMILES string of the molecule is N[C@@H](CNc1nc2ccccc2[nH]1)C1CC1. The Kier molecular flexibility index (Phi) is 2.29. The predicted octanol–water partition coefficient (Wildman–Crippen LogP) is 1.71. The van der Waals surface area contributed by atoms with Crippen LogP contribution in [0.1, 0.15) is 12.8 Å². The van der Waals surface area contributed by atoms with Crippen LogP contribution in [0, 0.1) is 5.92 Å². The van der Waals surface area contributed by atoms with Gasteiger partial charge in [-0.1, -0.05) is 12.1 Å². The molecule has 4 N–H and O–H groups in total. The summed E-state index contributed by atoms with van der Waals surface area (Å²) in [5.74, 6) is 1.54. The van der Waals surface area contributed by atoms with Gasteiger partial charge < -0.3 is 16.0 Å². The van der Waals surface area contributed by atoms with E-state index in [2.05, 4.69) is 15.3 Å². The summed E-state index contributed by atoms with van der Waals surface area (Å²) in [6.45, 7) is 0.796. The minimum absolute atomic E-state index is 0.258. The Bertz CT molecular complexity index is 453. The fraction of sp³-hybridized carbons (Fsp3) is 0.417. The normalized spacial score (nSPS) is 17.6. The summed E-state index contributed by atoms with van der Waals surface area (Å²) in [6, 6.07) is 8.27. The van der Waals surface area contributed by atoms with E-state index in [0.29, 0.717) is 0 Å². The van der Waals surface area contributed by atoms with Crippen LogP contribution in [0.4, 0.5) is 5.95 Å². The molecule has 0 unspecified atom stereocenters. The van der Waals surface area contributed by atoms with Gasteiger partial charge in [0.2, 0.25) is 5.95 Å². The van der Waals surface area contributed by atoms with Crippen LogP contribution in [0.15, 0.2) is 24.3 Å². The van der Waals surface area contributed by atoms with Gasteiger partial charge in [0.1, 0.15) is 0 Å². The van der Waals surface area contributed by atoms with Gasteiger partial charge in [-0.05, 0) is 30.9 Å². The van der Waals surface area contributed by atoms with Crippen molar-refractivity contribution in [1.82, 2.24) is 9.97 Å². The van der Waals surface area contributed by atoms with Gasteiger partial charge in [-0.15, -0.1) is 0 Å². The molecule has 1 atom stereocenters. The van der Waals surface area contributed by atoms with E-state index in [9.17, 15) is 0 Å². The highest BCUT2D eigenvalue weighted by molar-refractivity contribution is 5.77. The number of nitrogens with zero attached hydrogens (tertiary/aromatic N) is 1. The number of aromatic nitrogens is 2. The predicted molar refractivity (Wildman–Crippen MR) is 65.3 cm³/mol. The van der Waals surface area contributed by atoms with Crippen LogP contribution in [-0.2, 0) is 0 Å². The van der Waals surface area contributed by atoms with Crippen molar-refractivity contribution >= 4 is 17.0 Å². The summed E-state index contributed by atoms with van der Waals surface area (Å²) in [4.78, 5) is 7.67. The minimum Gasteiger partial charge on any atom is -0.354 e. The highest BCUT2D eigenvalue weighted by atomic mass is 15.1. The monoisotopic (exact) mass is 216 g/mol. The molecule has 0 amide bonds. The molecule has 1 saturated carbocycles. The molecular formula is C12H16N4. The zero-order valence-corrected chi connectivity index (χ0v) is 9.11. The Morgan fingerprint density at radius 2 is 2.25 bits per heavy atom. The number of nitrogens with one attached hydrogen (secondary N) is 2. The highest BCUT2D eigenvalue weighted by Gasteiger charge is 2.28. The summed E-state index contributed by atoms with van der Waals surface area (Å²) in [6.07, 6.45) is 2.56. The molecule has 3 rings (SSSR count). The van der Waals surface area contributed by atoms with E-state index in [4.69, 9.17) is 5.73 Å². The van der Waals surface area contributed by atoms with Crippen molar-refractivity contribution in [1.29, 1.82) is 0 Å². The average Bonchev–Trinajstić information content (AvgIpc) is 3.06. The number of hydrogen-bond donors (Lipinski definition) is 3. The molecule has 2 aromatic rings. The van der Waals surface area contributed by atoms with E-state index >= 15 is 0 Å². The van der Waals surface area contributed by atoms with Gasteiger partial charge in [-0.3, -0.25) is 0 Å². The number of imidazole rings is 1. The van der Waals surface area contributed by atoms with Crippen molar-refractivity contribution in [2.75, 3.05) is 11.9 Å². The van der Waals surface area contributed by atoms with E-state index in [1.807, 2.05) is 24.3 Å². The van der Waals surface area contributed by atoms with Crippen LogP contribution in [0.3, 0.4) is 0 Å². The molecule has 0 aliphatic heterocycles. The molecule has 1 aliphatic carbocycles. The minimum atomic E-state index is 0.258. The Balaban J connectivity index is 1.69. The van der Waals surface area contributed by atoms with Gasteiger partial charge >= 0.3 is 0 Å². The number of anilines is 1. The molecule has 0 bridgehead atoms. The lowest BCUT2D eigenvalue weighted by Gasteiger charge is -2.10. The van der Waals surface area contributed by atoms with E-state index in [1.54, 1.807) is 0 Å². The van der Waals surface area contributed by atoms with Crippen molar-refractivity contribution < 1.29 is 0 Å². The summed E-state index contributed by atoms with van der Waals surface area (Å²) in [7, 11) is 0. The maximum absolute atomic E-state index is 6.02. The van der Waals surface area contributed by atoms with Gasteiger partial charge in [-0.2, -0.15) is 0 Å². The first-order valence-corrected chi connectivity index (χ1v) is 5.77. The first-order valence-electron chi connectivity index (χ1n) is 5.77. The third-order valence-electron chi connectivity index (χ3n) is 3.12. The second-order valence-electron chi connectivity index (χ2n) is 4.48. The zero-order chi connectivity index (χ0) is 11.0. The van der Waals surface area contributed by atoms with Crippen molar-refractivity contribution in [2.24, 2.45) is 11.7 Å². The summed E-state index contributed by atoms with van der Waals surface area (Å²) < 4.78 is 0. The fourth-order valence-electron chi connectivity index (χ4n) is 1.94. The van der Waals surface area contributed by atoms with Crippen molar-refractivity contribution in [3.05, 3.63) is 24.3 Å². The molecule has 4 heteroatoms. The van der Waals surface area contributed by atoms with Crippen molar-refractivity contribution in [3.8, 4) is 0 Å². The van der Waals surface area contributed by atoms with Gasteiger partial charge in [0, 0.05) is 12.6 Å². The molecule has 0 spiro atoms. The van der Waals surface area contributed by atoms with Gasteiger partial charge in [-0.25, -0.2) is 4.98 Å². The standard InChI is InChI=1S/C12H16N4/c13-9(8-5-6-8)7-14-12-15-10-3-1-2-4-11(10)16-12/h1-4,8-9H,5-7,13H2,(H2,14,15,16)/t9-/m0/s1. The van der Waals surface area contributed by atoms with Gasteiger partial charge in [0.15, 0.2) is 0 Å². The Morgan fingerprint density at radius 3 is 3.00 bits per heavy atom. The first kappa shape index (κ1) is 9.66. The molecule has 84 valence electrons. The number of nitrogens with two attached hydrogens (primary N) is 1. The topological polar surface area (TPSA) is 66.7 Å². The van der Waals surface area contributed by atoms with E-state index in [-0.39, 0.29) is 6.04 Å². The van der Waals surface area contributed by atoms with Crippen LogP contribution in [-0.4, -0.2) is 22.6 Å². The van der Waals surface area contributed by atoms with Gasteiger partial charge in [0.05, 0.1) is 11.0 Å². The largest absolute Gasteiger partial charge is 0.354 e. The van der Waals surface area contributed by atoms with Crippen LogP contribution in [0.25, 0.3) is 11.0 Å². The number of fused-ring (bicyclic) bond motifs is 1. The lowest BCUT2D eigenvalue weighted by atomic mass is 10.2. The number of para-hydroxylation sites is 2. The fourth-order valence-corrected chi connectivity index (χ4v) is 1.94. The summed E-state index contributed by atoms with van der Waals surface area (Å²) in [5, 5.41) is 3.26. The highest BCUT2D eigenvalue weighted by Crippen LogP contribution is 2.31. The molecule has 1 aromatic heterocycles. The molecule has 1 fully saturated rings. The Labute approximate surface area is 94.3 Å². The maximum atomic E-state index is 6.02. The number of benzene rings is 1. The number of rotatable bonds is 4. The molecule has 1 aliphatic rings. The number of H-pyrrole nitrogens is 1. The molecule has 1 aromatic carbocycles. The molecule has 1 heterocycles. The third kappa shape index (κ3) is 1.88. The lowest BCUT2D eigenvalue weighted by molar-refractivity contribution is 0.619. The molecular weight excluding hydrogens is 200 g/mol. The second kappa shape index (κ2) is 3.79. The Hall–Kier alpha value is -1.55. The zero-order valence-electron chi connectivity index (χ0n) is 9.11. The summed E-state index contributed by atoms with van der Waals surface area (Å²) >= 11 is 0. The maximum Gasteiger partial charge on any atom is 0.201 e. The third-order valence-corrected chi connectivity index (χ3v) is 3.12. The van der Waals surface area contributed by atoms with Crippen LogP contribution >= 0.6 is 0 Å². The van der Waals surface area contributed by atoms with Crippen LogP contribution in [0.5, 0.6) is 0 Å². The number of aromatic amines is 1. The lowest BCUT2D eigenvalue weighted by Crippen LogP contribution is -2.31. The quantitative estimate of drug-likeness (QED) is 0.729. The molecule has 0 radical (unpaired) electrons. The van der Waals surface area contributed by atoms with Crippen LogP contribution < -0.4 is 11.1 Å². The summed E-state index contributed by atoms with van der Waals surface area (Å²) in [5.41, 5.74) is 8.07. The molecule has 4 nitrogen and oxygen atoms in total.